The summed E-state index contributed by atoms with van der Waals surface area (Å²) in [6.07, 6.45) is 1.32. The number of fused-ring (bicyclic) bond motifs is 1. The number of hydrogen-bond donors (Lipinski definition) is 1. The van der Waals surface area contributed by atoms with Gasteiger partial charge in [0.2, 0.25) is 5.88 Å². The van der Waals surface area contributed by atoms with Gasteiger partial charge in [0.15, 0.2) is 5.60 Å². The molecule has 0 fully saturated rings. The molecular weight excluding hydrogens is 549 g/mol. The monoisotopic (exact) mass is 570 g/mol. The van der Waals surface area contributed by atoms with E-state index in [9.17, 15) is 18.3 Å². The number of halogens is 4. The molecule has 200 valence electrons. The number of methoxy groups -OCH3 is 1. The van der Waals surface area contributed by atoms with Crippen molar-refractivity contribution in [2.45, 2.75) is 16.7 Å². The summed E-state index contributed by atoms with van der Waals surface area (Å²) in [5, 5.41) is 13.1. The van der Waals surface area contributed by atoms with Crippen LogP contribution in [0.25, 0.3) is 22.0 Å². The van der Waals surface area contributed by atoms with Crippen molar-refractivity contribution in [1.82, 2.24) is 19.5 Å². The third-order valence-electron chi connectivity index (χ3n) is 6.52. The Bertz CT molecular complexity index is 1670. The highest BCUT2D eigenvalue weighted by Crippen LogP contribution is 2.43. The van der Waals surface area contributed by atoms with Crippen LogP contribution in [0.1, 0.15) is 22.5 Å². The standard InChI is InChI=1S/C28H22ClF3N4O2S/c1-36-15-33-14-23(36)27(37,18-8-10-22(34-13-18)28(30,31)32)17-7-9-21-20(12-17)25(29)24(26(35-21)38-2)16-5-4-6-19(11-16)39-3/h4-15,37H,1-3H3. The molecule has 1 N–H and O–H groups in total. The molecule has 0 spiro atoms. The Morgan fingerprint density at radius 2 is 1.79 bits per heavy atom. The second kappa shape index (κ2) is 10.2. The molecule has 1 atom stereocenters. The average Bonchev–Trinajstić information content (AvgIpc) is 3.38. The van der Waals surface area contributed by atoms with Gasteiger partial charge in [-0.25, -0.2) is 9.97 Å². The minimum absolute atomic E-state index is 0.129. The van der Waals surface area contributed by atoms with Crippen LogP contribution < -0.4 is 4.74 Å². The summed E-state index contributed by atoms with van der Waals surface area (Å²) < 4.78 is 46.8. The number of pyridine rings is 2. The fraction of sp³-hybridized carbons (Fsp3) is 0.179. The van der Waals surface area contributed by atoms with Crippen molar-refractivity contribution in [3.8, 4) is 17.0 Å². The van der Waals surface area contributed by atoms with Gasteiger partial charge >= 0.3 is 6.18 Å². The number of imidazole rings is 1. The van der Waals surface area contributed by atoms with Crippen LogP contribution in [0, 0.1) is 0 Å². The van der Waals surface area contributed by atoms with Gasteiger partial charge in [0.1, 0.15) is 5.69 Å². The summed E-state index contributed by atoms with van der Waals surface area (Å²) in [6, 6.07) is 14.8. The third-order valence-corrected chi connectivity index (χ3v) is 7.63. The van der Waals surface area contributed by atoms with Crippen LogP contribution in [-0.2, 0) is 18.8 Å². The fourth-order valence-electron chi connectivity index (χ4n) is 4.55. The van der Waals surface area contributed by atoms with Gasteiger partial charge in [-0.1, -0.05) is 35.9 Å². The highest BCUT2D eigenvalue weighted by Gasteiger charge is 2.39. The van der Waals surface area contributed by atoms with Crippen LogP contribution in [0.3, 0.4) is 0 Å². The number of ether oxygens (including phenoxy) is 1. The van der Waals surface area contributed by atoms with Crippen molar-refractivity contribution in [2.75, 3.05) is 13.4 Å². The van der Waals surface area contributed by atoms with E-state index < -0.39 is 17.5 Å². The van der Waals surface area contributed by atoms with E-state index in [1.807, 2.05) is 30.5 Å². The number of thioether (sulfide) groups is 1. The number of hydrogen-bond acceptors (Lipinski definition) is 6. The summed E-state index contributed by atoms with van der Waals surface area (Å²) in [7, 11) is 3.20. The van der Waals surface area contributed by atoms with Crippen LogP contribution in [0.2, 0.25) is 5.02 Å². The molecule has 39 heavy (non-hydrogen) atoms. The first kappa shape index (κ1) is 27.0. The first-order valence-electron chi connectivity index (χ1n) is 11.6. The summed E-state index contributed by atoms with van der Waals surface area (Å²) in [4.78, 5) is 13.4. The Hall–Kier alpha value is -3.60. The van der Waals surface area contributed by atoms with Crippen molar-refractivity contribution in [2.24, 2.45) is 7.05 Å². The fourth-order valence-corrected chi connectivity index (χ4v) is 5.35. The Morgan fingerprint density at radius 3 is 2.41 bits per heavy atom. The van der Waals surface area contributed by atoms with E-state index in [-0.39, 0.29) is 5.56 Å². The molecule has 5 aromatic rings. The van der Waals surface area contributed by atoms with Gasteiger partial charge in [-0.15, -0.1) is 11.8 Å². The number of rotatable bonds is 6. The predicted octanol–water partition coefficient (Wildman–Crippen LogP) is 6.72. The van der Waals surface area contributed by atoms with Gasteiger partial charge in [-0.3, -0.25) is 4.98 Å². The van der Waals surface area contributed by atoms with Gasteiger partial charge < -0.3 is 14.4 Å². The molecule has 0 amide bonds. The molecule has 0 aliphatic rings. The lowest BCUT2D eigenvalue weighted by atomic mass is 9.83. The normalized spacial score (nSPS) is 13.4. The lowest BCUT2D eigenvalue weighted by molar-refractivity contribution is -0.141. The molecule has 3 aromatic heterocycles. The van der Waals surface area contributed by atoms with Crippen LogP contribution in [0.15, 0.2) is 78.2 Å². The molecular formula is C28H22ClF3N4O2S. The molecule has 0 aliphatic carbocycles. The Labute approximate surface area is 231 Å². The van der Waals surface area contributed by atoms with E-state index >= 15 is 0 Å². The summed E-state index contributed by atoms with van der Waals surface area (Å²) in [6.45, 7) is 0. The highest BCUT2D eigenvalue weighted by atomic mass is 35.5. The molecule has 0 radical (unpaired) electrons. The number of aromatic nitrogens is 4. The Kier molecular flexibility index (Phi) is 7.04. The predicted molar refractivity (Wildman–Crippen MR) is 145 cm³/mol. The van der Waals surface area contributed by atoms with Gasteiger partial charge in [0, 0.05) is 29.1 Å². The van der Waals surface area contributed by atoms with E-state index in [4.69, 9.17) is 16.3 Å². The molecule has 1 unspecified atom stereocenters. The van der Waals surface area contributed by atoms with Gasteiger partial charge in [0.05, 0.1) is 41.4 Å². The van der Waals surface area contributed by atoms with Crippen LogP contribution in [-0.4, -0.2) is 38.0 Å². The van der Waals surface area contributed by atoms with Gasteiger partial charge in [0.25, 0.3) is 0 Å². The van der Waals surface area contributed by atoms with Crippen molar-refractivity contribution >= 4 is 34.3 Å². The second-order valence-corrected chi connectivity index (χ2v) is 10.1. The summed E-state index contributed by atoms with van der Waals surface area (Å²) >= 11 is 8.57. The minimum atomic E-state index is -4.62. The largest absolute Gasteiger partial charge is 0.480 e. The number of aliphatic hydroxyl groups is 1. The van der Waals surface area contributed by atoms with E-state index in [1.54, 1.807) is 41.6 Å². The summed E-state index contributed by atoms with van der Waals surface area (Å²) in [5.41, 5.74) is -0.261. The maximum Gasteiger partial charge on any atom is 0.433 e. The molecule has 0 saturated carbocycles. The van der Waals surface area contributed by atoms with E-state index in [0.29, 0.717) is 38.6 Å². The zero-order valence-electron chi connectivity index (χ0n) is 21.0. The maximum absolute atomic E-state index is 13.2. The molecule has 0 saturated heterocycles. The first-order chi connectivity index (χ1) is 18.6. The molecule has 2 aromatic carbocycles. The van der Waals surface area contributed by atoms with Crippen molar-refractivity contribution in [3.05, 3.63) is 101 Å². The van der Waals surface area contributed by atoms with Crippen LogP contribution in [0.5, 0.6) is 5.88 Å². The molecule has 0 aliphatic heterocycles. The number of nitrogens with zero attached hydrogens (tertiary/aromatic N) is 4. The maximum atomic E-state index is 13.2. The first-order valence-corrected chi connectivity index (χ1v) is 13.2. The lowest BCUT2D eigenvalue weighted by Gasteiger charge is -2.30. The summed E-state index contributed by atoms with van der Waals surface area (Å²) in [5.74, 6) is 0.340. The highest BCUT2D eigenvalue weighted by molar-refractivity contribution is 7.98. The van der Waals surface area contributed by atoms with Crippen LogP contribution in [0.4, 0.5) is 13.2 Å². The number of alkyl halides is 3. The van der Waals surface area contributed by atoms with Gasteiger partial charge in [-0.2, -0.15) is 13.2 Å². The SMILES string of the molecule is COc1nc2ccc(C(O)(c3ccc(C(F)(F)F)nc3)c3cncn3C)cc2c(Cl)c1-c1cccc(SC)c1. The second-order valence-electron chi connectivity index (χ2n) is 8.80. The van der Waals surface area contributed by atoms with Crippen molar-refractivity contribution in [1.29, 1.82) is 0 Å². The number of benzene rings is 2. The van der Waals surface area contributed by atoms with E-state index in [2.05, 4.69) is 15.0 Å². The van der Waals surface area contributed by atoms with Gasteiger partial charge in [-0.05, 0) is 47.7 Å². The minimum Gasteiger partial charge on any atom is -0.480 e. The molecule has 6 nitrogen and oxygen atoms in total. The van der Waals surface area contributed by atoms with E-state index in [1.165, 1.54) is 25.7 Å². The number of aryl methyl sites for hydroxylation is 1. The smallest absolute Gasteiger partial charge is 0.433 e. The average molecular weight is 571 g/mol. The van der Waals surface area contributed by atoms with E-state index in [0.717, 1.165) is 22.7 Å². The third kappa shape index (κ3) is 4.73. The zero-order valence-corrected chi connectivity index (χ0v) is 22.6. The van der Waals surface area contributed by atoms with Crippen molar-refractivity contribution in [3.63, 3.8) is 0 Å². The van der Waals surface area contributed by atoms with Crippen molar-refractivity contribution < 1.29 is 23.0 Å². The lowest BCUT2D eigenvalue weighted by Crippen LogP contribution is -2.31. The zero-order chi connectivity index (χ0) is 27.9. The molecule has 3 heterocycles. The topological polar surface area (TPSA) is 73.1 Å². The quantitative estimate of drug-likeness (QED) is 0.229. The van der Waals surface area contributed by atoms with Crippen LogP contribution >= 0.6 is 23.4 Å². The Morgan fingerprint density at radius 1 is 1.03 bits per heavy atom. The molecule has 11 heteroatoms. The molecule has 5 rings (SSSR count). The molecule has 0 bridgehead atoms. The Balaban J connectivity index is 1.75.